The quantitative estimate of drug-likeness (QED) is 0.775. The zero-order valence-electron chi connectivity index (χ0n) is 11.2. The molecule has 0 unspecified atom stereocenters. The van der Waals surface area contributed by atoms with Crippen molar-refractivity contribution in [2.75, 3.05) is 7.11 Å². The zero-order valence-corrected chi connectivity index (χ0v) is 11.2. The van der Waals surface area contributed by atoms with Gasteiger partial charge in [-0.3, -0.25) is 4.79 Å². The van der Waals surface area contributed by atoms with Crippen LogP contribution < -0.4 is 0 Å². The number of carbonyl (C=O) groups is 1. The molecule has 0 bridgehead atoms. The van der Waals surface area contributed by atoms with E-state index in [0.29, 0.717) is 12.2 Å². The Morgan fingerprint density at radius 2 is 1.94 bits per heavy atom. The summed E-state index contributed by atoms with van der Waals surface area (Å²) in [5.74, 6) is -0.737. The zero-order chi connectivity index (χ0) is 13.8. The Bertz CT molecular complexity index is 422. The van der Waals surface area contributed by atoms with Gasteiger partial charge in [0.2, 0.25) is 0 Å². The minimum absolute atomic E-state index is 0.0493. The van der Waals surface area contributed by atoms with E-state index in [1.165, 1.54) is 12.1 Å². The van der Waals surface area contributed by atoms with E-state index in [1.807, 2.05) is 0 Å². The van der Waals surface area contributed by atoms with E-state index >= 15 is 0 Å². The number of halogens is 1. The molecule has 0 aromatic heterocycles. The summed E-state index contributed by atoms with van der Waals surface area (Å²) in [7, 11) is 1.56. The van der Waals surface area contributed by atoms with Gasteiger partial charge in [-0.2, -0.15) is 0 Å². The third-order valence-electron chi connectivity index (χ3n) is 2.22. The number of hydrogen-bond acceptors (Lipinski definition) is 3. The molecule has 0 amide bonds. The lowest BCUT2D eigenvalue weighted by Gasteiger charge is -2.20. The maximum atomic E-state index is 13.2. The third-order valence-corrected chi connectivity index (χ3v) is 2.22. The van der Waals surface area contributed by atoms with Crippen LogP contribution in [-0.4, -0.2) is 18.7 Å². The number of benzene rings is 1. The van der Waals surface area contributed by atoms with Crippen molar-refractivity contribution in [3.63, 3.8) is 0 Å². The molecular formula is C14H19FO3. The van der Waals surface area contributed by atoms with Crippen molar-refractivity contribution in [2.24, 2.45) is 0 Å². The van der Waals surface area contributed by atoms with Gasteiger partial charge in [-0.1, -0.05) is 6.07 Å². The van der Waals surface area contributed by atoms with Gasteiger partial charge in [-0.15, -0.1) is 0 Å². The van der Waals surface area contributed by atoms with Crippen molar-refractivity contribution in [3.05, 3.63) is 35.1 Å². The Kier molecular flexibility index (Phi) is 4.84. The van der Waals surface area contributed by atoms with Gasteiger partial charge in [-0.25, -0.2) is 4.39 Å². The minimum atomic E-state index is -0.536. The monoisotopic (exact) mass is 254 g/mol. The van der Waals surface area contributed by atoms with Gasteiger partial charge in [0.1, 0.15) is 11.4 Å². The summed E-state index contributed by atoms with van der Waals surface area (Å²) in [5.41, 5.74) is 0.863. The van der Waals surface area contributed by atoms with Crippen LogP contribution in [0.3, 0.4) is 0 Å². The van der Waals surface area contributed by atoms with Gasteiger partial charge in [0, 0.05) is 7.11 Å². The topological polar surface area (TPSA) is 35.5 Å². The van der Waals surface area contributed by atoms with E-state index in [2.05, 4.69) is 0 Å². The number of esters is 1. The summed E-state index contributed by atoms with van der Waals surface area (Å²) in [5, 5.41) is 0. The van der Waals surface area contributed by atoms with E-state index in [9.17, 15) is 9.18 Å². The highest BCUT2D eigenvalue weighted by Gasteiger charge is 2.18. The van der Waals surface area contributed by atoms with Crippen molar-refractivity contribution in [1.82, 2.24) is 0 Å². The first-order chi connectivity index (χ1) is 8.31. The predicted octanol–water partition coefficient (Wildman–Crippen LogP) is 2.86. The minimum Gasteiger partial charge on any atom is -0.460 e. The molecule has 100 valence electrons. The Hall–Kier alpha value is -1.42. The van der Waals surface area contributed by atoms with Gasteiger partial charge in [0.25, 0.3) is 0 Å². The van der Waals surface area contributed by atoms with Gasteiger partial charge in [0.15, 0.2) is 0 Å². The normalized spacial score (nSPS) is 11.4. The van der Waals surface area contributed by atoms with Crippen LogP contribution in [0.2, 0.25) is 0 Å². The lowest BCUT2D eigenvalue weighted by Crippen LogP contribution is -2.25. The molecule has 1 rings (SSSR count). The summed E-state index contributed by atoms with van der Waals surface area (Å²) in [6, 6.07) is 4.32. The molecule has 3 nitrogen and oxygen atoms in total. The molecule has 0 atom stereocenters. The lowest BCUT2D eigenvalue weighted by atomic mass is 10.0. The fraction of sp³-hybridized carbons (Fsp3) is 0.500. The maximum absolute atomic E-state index is 13.2. The fourth-order valence-electron chi connectivity index (χ4n) is 1.59. The lowest BCUT2D eigenvalue weighted by molar-refractivity contribution is -0.153. The number of carbonyl (C=O) groups excluding carboxylic acids is 1. The fourth-order valence-corrected chi connectivity index (χ4v) is 1.59. The molecule has 4 heteroatoms. The molecule has 0 aliphatic carbocycles. The first-order valence-corrected chi connectivity index (χ1v) is 5.80. The molecule has 0 N–H and O–H groups in total. The van der Waals surface area contributed by atoms with Crippen molar-refractivity contribution in [1.29, 1.82) is 0 Å². The number of rotatable bonds is 4. The second-order valence-corrected chi connectivity index (χ2v) is 5.11. The standard InChI is InChI=1S/C14H19FO3/c1-14(2,3)18-13(16)8-11-7-12(15)6-5-10(11)9-17-4/h5-7H,8-9H2,1-4H3. The molecule has 1 aromatic carbocycles. The smallest absolute Gasteiger partial charge is 0.310 e. The molecule has 18 heavy (non-hydrogen) atoms. The predicted molar refractivity (Wildman–Crippen MR) is 66.7 cm³/mol. The summed E-state index contributed by atoms with van der Waals surface area (Å²) < 4.78 is 23.4. The van der Waals surface area contributed by atoms with Crippen molar-refractivity contribution >= 4 is 5.97 Å². The van der Waals surface area contributed by atoms with Gasteiger partial charge in [-0.05, 0) is 44.0 Å². The van der Waals surface area contributed by atoms with Crippen molar-refractivity contribution in [3.8, 4) is 0 Å². The van der Waals surface area contributed by atoms with Crippen molar-refractivity contribution in [2.45, 2.75) is 39.4 Å². The third kappa shape index (κ3) is 4.84. The molecule has 0 saturated heterocycles. The molecule has 0 spiro atoms. The van der Waals surface area contributed by atoms with Gasteiger partial charge >= 0.3 is 5.97 Å². The highest BCUT2D eigenvalue weighted by Crippen LogP contribution is 2.16. The van der Waals surface area contributed by atoms with Crippen LogP contribution in [-0.2, 0) is 27.3 Å². The first-order valence-electron chi connectivity index (χ1n) is 5.80. The van der Waals surface area contributed by atoms with Crippen LogP contribution in [0.4, 0.5) is 4.39 Å². The molecule has 0 radical (unpaired) electrons. The van der Waals surface area contributed by atoms with E-state index in [-0.39, 0.29) is 18.2 Å². The summed E-state index contributed by atoms with van der Waals surface area (Å²) >= 11 is 0. The average molecular weight is 254 g/mol. The van der Waals surface area contributed by atoms with Crippen LogP contribution in [0.1, 0.15) is 31.9 Å². The van der Waals surface area contributed by atoms with Gasteiger partial charge < -0.3 is 9.47 Å². The Morgan fingerprint density at radius 1 is 1.28 bits per heavy atom. The maximum Gasteiger partial charge on any atom is 0.310 e. The molecule has 1 aromatic rings. The summed E-state index contributed by atoms with van der Waals surface area (Å²) in [4.78, 5) is 11.7. The van der Waals surface area contributed by atoms with Crippen LogP contribution in [0.5, 0.6) is 0 Å². The molecule has 0 heterocycles. The van der Waals surface area contributed by atoms with Crippen LogP contribution in [0.15, 0.2) is 18.2 Å². The van der Waals surface area contributed by atoms with E-state index in [1.54, 1.807) is 33.9 Å². The Balaban J connectivity index is 2.82. The largest absolute Gasteiger partial charge is 0.460 e. The van der Waals surface area contributed by atoms with Crippen LogP contribution in [0.25, 0.3) is 0 Å². The number of ether oxygens (including phenoxy) is 2. The Labute approximate surface area is 107 Å². The van der Waals surface area contributed by atoms with Crippen LogP contribution >= 0.6 is 0 Å². The van der Waals surface area contributed by atoms with E-state index in [4.69, 9.17) is 9.47 Å². The molecular weight excluding hydrogens is 235 g/mol. The molecule has 0 saturated carbocycles. The van der Waals surface area contributed by atoms with Crippen molar-refractivity contribution < 1.29 is 18.7 Å². The molecule has 0 aliphatic heterocycles. The highest BCUT2D eigenvalue weighted by atomic mass is 19.1. The first kappa shape index (κ1) is 14.6. The number of hydrogen-bond donors (Lipinski definition) is 0. The SMILES string of the molecule is COCc1ccc(F)cc1CC(=O)OC(C)(C)C. The van der Waals surface area contributed by atoms with E-state index in [0.717, 1.165) is 5.56 Å². The summed E-state index contributed by atoms with van der Waals surface area (Å²) in [6.45, 7) is 5.74. The average Bonchev–Trinajstić information content (AvgIpc) is 2.19. The molecule has 0 fully saturated rings. The highest BCUT2D eigenvalue weighted by molar-refractivity contribution is 5.73. The Morgan fingerprint density at radius 3 is 2.50 bits per heavy atom. The van der Waals surface area contributed by atoms with Gasteiger partial charge in [0.05, 0.1) is 13.0 Å². The second-order valence-electron chi connectivity index (χ2n) is 5.11. The second kappa shape index (κ2) is 5.96. The van der Waals surface area contributed by atoms with Crippen LogP contribution in [0, 0.1) is 5.82 Å². The van der Waals surface area contributed by atoms with E-state index < -0.39 is 5.60 Å². The molecule has 0 aliphatic rings. The summed E-state index contributed by atoms with van der Waals surface area (Å²) in [6.07, 6.45) is 0.0493. The number of methoxy groups -OCH3 is 1.